The van der Waals surface area contributed by atoms with Gasteiger partial charge >= 0.3 is 0 Å². The summed E-state index contributed by atoms with van der Waals surface area (Å²) >= 11 is 0. The van der Waals surface area contributed by atoms with E-state index >= 15 is 0 Å². The predicted octanol–water partition coefficient (Wildman–Crippen LogP) is -2.24. The van der Waals surface area contributed by atoms with Crippen LogP contribution in [0.4, 0.5) is 0 Å². The van der Waals surface area contributed by atoms with Gasteiger partial charge in [-0.3, -0.25) is 29.8 Å². The minimum absolute atomic E-state index is 0.152. The normalized spacial score (nSPS) is 29.5. The zero-order valence-corrected chi connectivity index (χ0v) is 8.02. The molecule has 86 valence electrons. The first-order chi connectivity index (χ1) is 7.56. The standard InChI is InChI=1S/C8H8N2O6/c11-5-1-3(7(13)9-5)15-16-4-2-6(12)10-8(4)14/h3-4H,1-2H2,(H,9,11,13)(H,10,12,14). The first-order valence-corrected chi connectivity index (χ1v) is 4.56. The summed E-state index contributed by atoms with van der Waals surface area (Å²) in [6.45, 7) is 0. The second-order valence-corrected chi connectivity index (χ2v) is 3.40. The van der Waals surface area contributed by atoms with Gasteiger partial charge in [-0.2, -0.15) is 0 Å². The van der Waals surface area contributed by atoms with E-state index in [-0.39, 0.29) is 12.8 Å². The van der Waals surface area contributed by atoms with Crippen molar-refractivity contribution in [2.24, 2.45) is 0 Å². The third kappa shape index (κ3) is 2.07. The smallest absolute Gasteiger partial charge is 0.259 e. The Bertz CT molecular complexity index is 343. The number of carbonyl (C=O) groups excluding carboxylic acids is 4. The van der Waals surface area contributed by atoms with Gasteiger partial charge in [-0.05, 0) is 0 Å². The topological polar surface area (TPSA) is 111 Å². The molecule has 2 fully saturated rings. The molecule has 0 radical (unpaired) electrons. The molecule has 8 heteroatoms. The molecule has 0 aromatic rings. The van der Waals surface area contributed by atoms with Gasteiger partial charge in [0.25, 0.3) is 11.8 Å². The Morgan fingerprint density at radius 3 is 1.44 bits per heavy atom. The third-order valence-corrected chi connectivity index (χ3v) is 2.14. The minimum Gasteiger partial charge on any atom is -0.294 e. The zero-order chi connectivity index (χ0) is 11.7. The van der Waals surface area contributed by atoms with E-state index in [0.29, 0.717) is 0 Å². The van der Waals surface area contributed by atoms with E-state index in [1.165, 1.54) is 0 Å². The van der Waals surface area contributed by atoms with Crippen molar-refractivity contribution >= 4 is 23.6 Å². The quantitative estimate of drug-likeness (QED) is 0.321. The number of carbonyl (C=O) groups is 4. The highest BCUT2D eigenvalue weighted by molar-refractivity contribution is 6.05. The van der Waals surface area contributed by atoms with Crippen LogP contribution in [0.15, 0.2) is 0 Å². The molecule has 2 atom stereocenters. The molecular formula is C8H8N2O6. The SMILES string of the molecule is O=C1CC(OOC2CC(=O)NC2=O)C(=O)N1. The fraction of sp³-hybridized carbons (Fsp3) is 0.500. The van der Waals surface area contributed by atoms with E-state index in [1.54, 1.807) is 0 Å². The van der Waals surface area contributed by atoms with Gasteiger partial charge < -0.3 is 0 Å². The molecule has 2 unspecified atom stereocenters. The van der Waals surface area contributed by atoms with Gasteiger partial charge in [0, 0.05) is 0 Å². The largest absolute Gasteiger partial charge is 0.294 e. The number of hydrogen-bond acceptors (Lipinski definition) is 6. The van der Waals surface area contributed by atoms with Crippen LogP contribution in [0.2, 0.25) is 0 Å². The molecular weight excluding hydrogens is 220 g/mol. The molecule has 4 amide bonds. The average molecular weight is 228 g/mol. The van der Waals surface area contributed by atoms with Gasteiger partial charge in [-0.1, -0.05) is 0 Å². The van der Waals surface area contributed by atoms with Gasteiger partial charge in [0.1, 0.15) is 0 Å². The molecule has 0 spiro atoms. The fourth-order valence-electron chi connectivity index (χ4n) is 1.35. The molecule has 2 N–H and O–H groups in total. The monoisotopic (exact) mass is 228 g/mol. The summed E-state index contributed by atoms with van der Waals surface area (Å²) in [5.41, 5.74) is 0. The van der Waals surface area contributed by atoms with E-state index in [2.05, 4.69) is 9.78 Å². The van der Waals surface area contributed by atoms with Gasteiger partial charge in [-0.25, -0.2) is 9.78 Å². The minimum atomic E-state index is -1.06. The van der Waals surface area contributed by atoms with Crippen molar-refractivity contribution in [2.75, 3.05) is 0 Å². The Kier molecular flexibility index (Phi) is 2.67. The molecule has 0 aliphatic carbocycles. The molecule has 0 aromatic carbocycles. The van der Waals surface area contributed by atoms with Gasteiger partial charge in [0.15, 0.2) is 12.2 Å². The maximum absolute atomic E-state index is 11.0. The van der Waals surface area contributed by atoms with E-state index in [1.807, 2.05) is 10.6 Å². The van der Waals surface area contributed by atoms with Gasteiger partial charge in [0.2, 0.25) is 11.8 Å². The first kappa shape index (κ1) is 10.7. The van der Waals surface area contributed by atoms with Crippen molar-refractivity contribution in [1.29, 1.82) is 0 Å². The highest BCUT2D eigenvalue weighted by atomic mass is 17.2. The average Bonchev–Trinajstić information content (AvgIpc) is 2.66. The third-order valence-electron chi connectivity index (χ3n) is 2.14. The van der Waals surface area contributed by atoms with Crippen LogP contribution in [0.25, 0.3) is 0 Å². The fourth-order valence-corrected chi connectivity index (χ4v) is 1.35. The van der Waals surface area contributed by atoms with Crippen molar-refractivity contribution in [1.82, 2.24) is 10.6 Å². The van der Waals surface area contributed by atoms with Crippen LogP contribution < -0.4 is 10.6 Å². The Morgan fingerprint density at radius 2 is 1.19 bits per heavy atom. The van der Waals surface area contributed by atoms with Crippen molar-refractivity contribution in [3.63, 3.8) is 0 Å². The summed E-state index contributed by atoms with van der Waals surface area (Å²) in [4.78, 5) is 52.9. The summed E-state index contributed by atoms with van der Waals surface area (Å²) < 4.78 is 0. The number of imide groups is 2. The van der Waals surface area contributed by atoms with Crippen LogP contribution in [0.5, 0.6) is 0 Å². The molecule has 8 nitrogen and oxygen atoms in total. The summed E-state index contributed by atoms with van der Waals surface area (Å²) in [7, 11) is 0. The van der Waals surface area contributed by atoms with Crippen molar-refractivity contribution in [2.45, 2.75) is 25.0 Å². The molecule has 0 saturated carbocycles. The molecule has 0 aromatic heterocycles. The van der Waals surface area contributed by atoms with E-state index in [0.717, 1.165) is 0 Å². The van der Waals surface area contributed by atoms with Crippen molar-refractivity contribution in [3.8, 4) is 0 Å². The molecule has 2 aliphatic heterocycles. The Labute approximate surface area is 89.2 Å². The summed E-state index contributed by atoms with van der Waals surface area (Å²) in [5, 5.41) is 4.02. The summed E-state index contributed by atoms with van der Waals surface area (Å²) in [6, 6.07) is 0. The van der Waals surface area contributed by atoms with Crippen molar-refractivity contribution < 1.29 is 29.0 Å². The first-order valence-electron chi connectivity index (χ1n) is 4.56. The number of nitrogens with one attached hydrogen (secondary N) is 2. The lowest BCUT2D eigenvalue weighted by Crippen LogP contribution is -2.31. The highest BCUT2D eigenvalue weighted by Gasteiger charge is 2.37. The lowest BCUT2D eigenvalue weighted by atomic mass is 10.3. The molecule has 2 heterocycles. The number of rotatable bonds is 3. The van der Waals surface area contributed by atoms with E-state index < -0.39 is 35.8 Å². The molecule has 0 bridgehead atoms. The van der Waals surface area contributed by atoms with Crippen LogP contribution in [-0.2, 0) is 29.0 Å². The van der Waals surface area contributed by atoms with Crippen molar-refractivity contribution in [3.05, 3.63) is 0 Å². The Hall–Kier alpha value is -1.80. The summed E-state index contributed by atoms with van der Waals surface area (Å²) in [6.07, 6.45) is -2.42. The highest BCUT2D eigenvalue weighted by Crippen LogP contribution is 2.12. The zero-order valence-electron chi connectivity index (χ0n) is 8.02. The molecule has 16 heavy (non-hydrogen) atoms. The predicted molar refractivity (Wildman–Crippen MR) is 45.3 cm³/mol. The number of amides is 4. The Balaban J connectivity index is 1.84. The van der Waals surface area contributed by atoms with Gasteiger partial charge in [0.05, 0.1) is 12.8 Å². The van der Waals surface area contributed by atoms with Gasteiger partial charge in [-0.15, -0.1) is 0 Å². The maximum atomic E-state index is 11.0. The molecule has 2 aliphatic rings. The second-order valence-electron chi connectivity index (χ2n) is 3.40. The molecule has 2 rings (SSSR count). The van der Waals surface area contributed by atoms with Crippen LogP contribution in [0, 0.1) is 0 Å². The van der Waals surface area contributed by atoms with E-state index in [9.17, 15) is 19.2 Å². The maximum Gasteiger partial charge on any atom is 0.259 e. The lowest BCUT2D eigenvalue weighted by molar-refractivity contribution is -0.331. The Morgan fingerprint density at radius 1 is 0.812 bits per heavy atom. The summed E-state index contributed by atoms with van der Waals surface area (Å²) in [5.74, 6) is -2.17. The van der Waals surface area contributed by atoms with Crippen LogP contribution in [0.1, 0.15) is 12.8 Å². The van der Waals surface area contributed by atoms with Crippen LogP contribution in [-0.4, -0.2) is 35.8 Å². The molecule has 2 saturated heterocycles. The van der Waals surface area contributed by atoms with Crippen LogP contribution in [0.3, 0.4) is 0 Å². The second kappa shape index (κ2) is 3.99. The number of hydrogen-bond donors (Lipinski definition) is 2. The van der Waals surface area contributed by atoms with Crippen LogP contribution >= 0.6 is 0 Å². The van der Waals surface area contributed by atoms with E-state index in [4.69, 9.17) is 0 Å². The lowest BCUT2D eigenvalue weighted by Gasteiger charge is -2.09.